The predicted molar refractivity (Wildman–Crippen MR) is 20.2 cm³/mol. The summed E-state index contributed by atoms with van der Waals surface area (Å²) in [5.41, 5.74) is 0. The Morgan fingerprint density at radius 3 is 0.571 bits per heavy atom. The molecule has 0 fully saturated rings. The SMILES string of the molecule is O.O.O.O.[Pb].[Ti].[Zr]. The molecule has 0 bridgehead atoms. The molecular weight excluding hydrogens is 410 g/mol. The summed E-state index contributed by atoms with van der Waals surface area (Å²) in [6.07, 6.45) is 0. The fourth-order valence-corrected chi connectivity index (χ4v) is 0. The molecule has 4 nitrogen and oxygen atoms in total. The van der Waals surface area contributed by atoms with Crippen molar-refractivity contribution in [2.24, 2.45) is 0 Å². The van der Waals surface area contributed by atoms with Gasteiger partial charge in [-0.2, -0.15) is 0 Å². The van der Waals surface area contributed by atoms with E-state index in [0.717, 1.165) is 0 Å². The number of hydrogen-bond acceptors (Lipinski definition) is 0. The van der Waals surface area contributed by atoms with Crippen LogP contribution in [0.15, 0.2) is 0 Å². The molecule has 44 valence electrons. The van der Waals surface area contributed by atoms with E-state index in [4.69, 9.17) is 0 Å². The molecule has 0 saturated carbocycles. The van der Waals surface area contributed by atoms with Crippen LogP contribution in [0.3, 0.4) is 0 Å². The van der Waals surface area contributed by atoms with Crippen LogP contribution in [0.25, 0.3) is 0 Å². The monoisotopic (exact) mass is 418 g/mol. The average molecular weight is 418 g/mol. The molecule has 0 atom stereocenters. The second-order valence-electron chi connectivity index (χ2n) is 0. The third-order valence-electron chi connectivity index (χ3n) is 0. The van der Waals surface area contributed by atoms with Gasteiger partial charge in [0.05, 0.1) is 0 Å². The van der Waals surface area contributed by atoms with Crippen molar-refractivity contribution in [1.82, 2.24) is 0 Å². The van der Waals surface area contributed by atoms with E-state index in [1.165, 1.54) is 0 Å². The summed E-state index contributed by atoms with van der Waals surface area (Å²) in [6.45, 7) is 0. The predicted octanol–water partition coefficient (Wildman–Crippen LogP) is -3.68. The van der Waals surface area contributed by atoms with E-state index < -0.39 is 0 Å². The smallest absolute Gasteiger partial charge is 0 e. The van der Waals surface area contributed by atoms with Crippen LogP contribution >= 0.6 is 0 Å². The second kappa shape index (κ2) is 81.3. The molecule has 8 N–H and O–H groups in total. The summed E-state index contributed by atoms with van der Waals surface area (Å²) in [6, 6.07) is 0. The Morgan fingerprint density at radius 2 is 0.571 bits per heavy atom. The Hall–Kier alpha value is 2.36. The third-order valence-corrected chi connectivity index (χ3v) is 0. The van der Waals surface area contributed by atoms with E-state index in [0.29, 0.717) is 0 Å². The van der Waals surface area contributed by atoms with Crippen LogP contribution in [0.2, 0.25) is 0 Å². The standard InChI is InChI=1S/4H2O.Pb.Ti.Zr/h4*1H2;;;. The first-order valence-corrected chi connectivity index (χ1v) is 0. The van der Waals surface area contributed by atoms with Gasteiger partial charge in [-0.1, -0.05) is 0 Å². The van der Waals surface area contributed by atoms with E-state index in [2.05, 4.69) is 0 Å². The van der Waals surface area contributed by atoms with Crippen molar-refractivity contribution in [2.45, 2.75) is 0 Å². The molecule has 0 unspecified atom stereocenters. The molecule has 0 rings (SSSR count). The maximum absolute atomic E-state index is 0. The minimum atomic E-state index is 0. The van der Waals surface area contributed by atoms with Crippen molar-refractivity contribution >= 4 is 27.3 Å². The molecule has 0 spiro atoms. The Balaban J connectivity index is 0. The van der Waals surface area contributed by atoms with Gasteiger partial charge in [0.25, 0.3) is 0 Å². The van der Waals surface area contributed by atoms with Crippen molar-refractivity contribution < 1.29 is 69.8 Å². The van der Waals surface area contributed by atoms with Gasteiger partial charge in [-0.3, -0.25) is 0 Å². The molecule has 0 aromatic heterocycles. The van der Waals surface area contributed by atoms with Crippen molar-refractivity contribution in [2.75, 3.05) is 0 Å². The molecule has 7 heteroatoms. The Kier molecular flexibility index (Phi) is 1360. The van der Waals surface area contributed by atoms with Gasteiger partial charge in [-0.15, -0.1) is 0 Å². The quantitative estimate of drug-likeness (QED) is 0.360. The van der Waals surface area contributed by atoms with Gasteiger partial charge >= 0.3 is 0 Å². The van der Waals surface area contributed by atoms with Crippen LogP contribution in [0.4, 0.5) is 0 Å². The van der Waals surface area contributed by atoms with Crippen LogP contribution in [0.1, 0.15) is 0 Å². The van der Waals surface area contributed by atoms with E-state index in [9.17, 15) is 0 Å². The third kappa shape index (κ3) is 60.7. The fraction of sp³-hybridized carbons (Fsp3) is 0. The van der Waals surface area contributed by atoms with Crippen molar-refractivity contribution in [1.29, 1.82) is 0 Å². The minimum Gasteiger partial charge on any atom is -0.412 e. The Labute approximate surface area is 95.8 Å². The van der Waals surface area contributed by atoms with Crippen molar-refractivity contribution in [3.63, 3.8) is 0 Å². The first kappa shape index (κ1) is 117. The van der Waals surface area contributed by atoms with Gasteiger partial charge < -0.3 is 21.9 Å². The molecule has 0 amide bonds. The van der Waals surface area contributed by atoms with Gasteiger partial charge in [-0.25, -0.2) is 0 Å². The van der Waals surface area contributed by atoms with Crippen molar-refractivity contribution in [3.05, 3.63) is 0 Å². The normalized spacial score (nSPS) is 0. The average Bonchev–Trinajstić information content (AvgIpc) is 0. The topological polar surface area (TPSA) is 126 Å². The maximum atomic E-state index is 0. The second-order valence-corrected chi connectivity index (χ2v) is 0. The van der Waals surface area contributed by atoms with Crippen LogP contribution in [-0.2, 0) is 47.9 Å². The summed E-state index contributed by atoms with van der Waals surface area (Å²) in [5, 5.41) is 0. The summed E-state index contributed by atoms with van der Waals surface area (Å²) in [7, 11) is 0. The summed E-state index contributed by atoms with van der Waals surface area (Å²) in [4.78, 5) is 0. The van der Waals surface area contributed by atoms with Gasteiger partial charge in [0, 0.05) is 75.2 Å². The number of rotatable bonds is 0. The van der Waals surface area contributed by atoms with E-state index >= 15 is 0 Å². The van der Waals surface area contributed by atoms with Crippen molar-refractivity contribution in [3.8, 4) is 0 Å². The first-order valence-electron chi connectivity index (χ1n) is 0. The Morgan fingerprint density at radius 1 is 0.571 bits per heavy atom. The molecule has 0 aliphatic heterocycles. The zero-order valence-electron chi connectivity index (χ0n) is 3.50. The molecule has 0 aromatic rings. The zero-order valence-corrected chi connectivity index (χ0v) is 11.4. The summed E-state index contributed by atoms with van der Waals surface area (Å²) in [5.74, 6) is 0. The fourth-order valence-electron chi connectivity index (χ4n) is 0. The van der Waals surface area contributed by atoms with E-state index in [1.807, 2.05) is 0 Å². The van der Waals surface area contributed by atoms with Crippen LogP contribution < -0.4 is 0 Å². The van der Waals surface area contributed by atoms with Crippen LogP contribution in [-0.4, -0.2) is 49.2 Å². The molecule has 0 aliphatic rings. The molecule has 7 heavy (non-hydrogen) atoms. The van der Waals surface area contributed by atoms with Gasteiger partial charge in [0.1, 0.15) is 0 Å². The molecule has 0 aliphatic carbocycles. The molecule has 4 radical (unpaired) electrons. The van der Waals surface area contributed by atoms with Gasteiger partial charge in [0.2, 0.25) is 0 Å². The van der Waals surface area contributed by atoms with Gasteiger partial charge in [0.15, 0.2) is 0 Å². The molecular formula is H8O4PbTiZr. The molecule has 0 saturated heterocycles. The first-order chi connectivity index (χ1) is 0. The zero-order chi connectivity index (χ0) is 0. The molecule has 0 heterocycles. The summed E-state index contributed by atoms with van der Waals surface area (Å²) < 4.78 is 0. The van der Waals surface area contributed by atoms with E-state index in [1.54, 1.807) is 0 Å². The van der Waals surface area contributed by atoms with E-state index in [-0.39, 0.29) is 97.1 Å². The number of hydrogen-bond donors (Lipinski definition) is 0. The largest absolute Gasteiger partial charge is 0.412 e. The minimum absolute atomic E-state index is 0. The molecule has 0 aromatic carbocycles. The summed E-state index contributed by atoms with van der Waals surface area (Å²) >= 11 is 0. The van der Waals surface area contributed by atoms with Crippen LogP contribution in [0.5, 0.6) is 0 Å². The van der Waals surface area contributed by atoms with Gasteiger partial charge in [-0.05, 0) is 0 Å². The van der Waals surface area contributed by atoms with Crippen LogP contribution in [0, 0.1) is 0 Å². The Bertz CT molecular complexity index is 11.7. The maximum Gasteiger partial charge on any atom is 0 e.